The molecule has 0 aromatic heterocycles. The molecule has 0 saturated carbocycles. The predicted octanol–water partition coefficient (Wildman–Crippen LogP) is 3.77. The summed E-state index contributed by atoms with van der Waals surface area (Å²) in [6, 6.07) is 10.6. The number of carbonyl (C=O) groups is 1. The summed E-state index contributed by atoms with van der Waals surface area (Å²) in [6.07, 6.45) is 0. The van der Waals surface area contributed by atoms with Gasteiger partial charge < -0.3 is 11.1 Å². The molecule has 20 heavy (non-hydrogen) atoms. The Kier molecular flexibility index (Phi) is 4.60. The van der Waals surface area contributed by atoms with E-state index in [0.717, 1.165) is 0 Å². The average molecular weight is 313 g/mol. The van der Waals surface area contributed by atoms with Gasteiger partial charge in [0.05, 0.1) is 10.0 Å². The van der Waals surface area contributed by atoms with Crippen molar-refractivity contribution in [3.63, 3.8) is 0 Å². The van der Waals surface area contributed by atoms with Crippen molar-refractivity contribution >= 4 is 34.8 Å². The van der Waals surface area contributed by atoms with Crippen LogP contribution in [0.4, 0.5) is 10.1 Å². The van der Waals surface area contributed by atoms with E-state index in [1.54, 1.807) is 24.3 Å². The van der Waals surface area contributed by atoms with Gasteiger partial charge in [0.1, 0.15) is 6.04 Å². The molecule has 0 aliphatic rings. The van der Waals surface area contributed by atoms with Gasteiger partial charge in [-0.15, -0.1) is 0 Å². The van der Waals surface area contributed by atoms with Gasteiger partial charge in [0, 0.05) is 5.69 Å². The largest absolute Gasteiger partial charge is 0.324 e. The summed E-state index contributed by atoms with van der Waals surface area (Å²) < 4.78 is 13.3. The van der Waals surface area contributed by atoms with Gasteiger partial charge in [0.25, 0.3) is 0 Å². The first kappa shape index (κ1) is 14.8. The van der Waals surface area contributed by atoms with Gasteiger partial charge >= 0.3 is 0 Å². The van der Waals surface area contributed by atoms with Gasteiger partial charge in [-0.05, 0) is 17.7 Å². The molecular formula is C14H11Cl2FN2O. The SMILES string of the molecule is N[C@H](C(=O)Nc1cc(Cl)c(F)c(Cl)c1)c1ccccc1. The first-order chi connectivity index (χ1) is 9.49. The molecule has 3 N–H and O–H groups in total. The molecule has 0 unspecified atom stereocenters. The first-order valence-corrected chi connectivity index (χ1v) is 6.50. The summed E-state index contributed by atoms with van der Waals surface area (Å²) in [5, 5.41) is 2.22. The minimum atomic E-state index is -0.834. The molecule has 0 radical (unpaired) electrons. The van der Waals surface area contributed by atoms with Crippen LogP contribution in [0, 0.1) is 5.82 Å². The molecule has 2 aromatic rings. The van der Waals surface area contributed by atoms with E-state index in [4.69, 9.17) is 28.9 Å². The van der Waals surface area contributed by atoms with Gasteiger partial charge in [-0.1, -0.05) is 53.5 Å². The van der Waals surface area contributed by atoms with Crippen molar-refractivity contribution in [1.82, 2.24) is 0 Å². The lowest BCUT2D eigenvalue weighted by Crippen LogP contribution is -2.27. The summed E-state index contributed by atoms with van der Waals surface area (Å²) in [6.45, 7) is 0. The third kappa shape index (κ3) is 3.28. The fraction of sp³-hybridized carbons (Fsp3) is 0.0714. The van der Waals surface area contributed by atoms with Crippen molar-refractivity contribution in [1.29, 1.82) is 0 Å². The maximum absolute atomic E-state index is 13.3. The van der Waals surface area contributed by atoms with Crippen LogP contribution in [-0.4, -0.2) is 5.91 Å². The zero-order valence-electron chi connectivity index (χ0n) is 10.2. The Bertz CT molecular complexity index is 611. The molecule has 2 aromatic carbocycles. The van der Waals surface area contributed by atoms with Crippen molar-refractivity contribution in [3.8, 4) is 0 Å². The van der Waals surface area contributed by atoms with E-state index < -0.39 is 17.8 Å². The van der Waals surface area contributed by atoms with E-state index in [1.807, 2.05) is 6.07 Å². The van der Waals surface area contributed by atoms with Crippen molar-refractivity contribution in [2.24, 2.45) is 5.73 Å². The smallest absolute Gasteiger partial charge is 0.245 e. The van der Waals surface area contributed by atoms with E-state index in [-0.39, 0.29) is 15.7 Å². The molecule has 0 saturated heterocycles. The summed E-state index contributed by atoms with van der Waals surface area (Å²) in [7, 11) is 0. The molecule has 0 bridgehead atoms. The van der Waals surface area contributed by atoms with Crippen LogP contribution in [0.15, 0.2) is 42.5 Å². The highest BCUT2D eigenvalue weighted by molar-refractivity contribution is 6.35. The lowest BCUT2D eigenvalue weighted by atomic mass is 10.1. The van der Waals surface area contributed by atoms with Crippen LogP contribution in [0.2, 0.25) is 10.0 Å². The second-order valence-electron chi connectivity index (χ2n) is 4.13. The molecular weight excluding hydrogens is 302 g/mol. The zero-order chi connectivity index (χ0) is 14.7. The second-order valence-corrected chi connectivity index (χ2v) is 4.95. The topological polar surface area (TPSA) is 55.1 Å². The summed E-state index contributed by atoms with van der Waals surface area (Å²) in [5.41, 5.74) is 6.80. The van der Waals surface area contributed by atoms with Crippen LogP contribution in [0.1, 0.15) is 11.6 Å². The molecule has 1 amide bonds. The van der Waals surface area contributed by atoms with Gasteiger partial charge in [0.2, 0.25) is 5.91 Å². The maximum Gasteiger partial charge on any atom is 0.245 e. The number of benzene rings is 2. The van der Waals surface area contributed by atoms with Gasteiger partial charge in [0.15, 0.2) is 5.82 Å². The number of carbonyl (C=O) groups excluding carboxylic acids is 1. The van der Waals surface area contributed by atoms with Crippen LogP contribution in [0.5, 0.6) is 0 Å². The molecule has 0 heterocycles. The molecule has 3 nitrogen and oxygen atoms in total. The molecule has 0 spiro atoms. The average Bonchev–Trinajstić information content (AvgIpc) is 2.44. The number of nitrogens with two attached hydrogens (primary N) is 1. The Hall–Kier alpha value is -1.62. The lowest BCUT2D eigenvalue weighted by Gasteiger charge is -2.13. The summed E-state index contributed by atoms with van der Waals surface area (Å²) in [4.78, 5) is 12.0. The molecule has 2 rings (SSSR count). The van der Waals surface area contributed by atoms with Crippen molar-refractivity contribution in [2.75, 3.05) is 5.32 Å². The number of hydrogen-bond acceptors (Lipinski definition) is 2. The Morgan fingerprint density at radius 2 is 1.70 bits per heavy atom. The van der Waals surface area contributed by atoms with Crippen molar-refractivity contribution in [2.45, 2.75) is 6.04 Å². The first-order valence-electron chi connectivity index (χ1n) is 5.75. The van der Waals surface area contributed by atoms with Gasteiger partial charge in [-0.25, -0.2) is 4.39 Å². The number of hydrogen-bond donors (Lipinski definition) is 2. The normalized spacial score (nSPS) is 12.0. The fourth-order valence-corrected chi connectivity index (χ4v) is 2.15. The molecule has 6 heteroatoms. The molecule has 104 valence electrons. The van der Waals surface area contributed by atoms with Crippen LogP contribution >= 0.6 is 23.2 Å². The van der Waals surface area contributed by atoms with E-state index in [0.29, 0.717) is 5.56 Å². The van der Waals surface area contributed by atoms with E-state index in [1.165, 1.54) is 12.1 Å². The van der Waals surface area contributed by atoms with E-state index >= 15 is 0 Å². The van der Waals surface area contributed by atoms with E-state index in [9.17, 15) is 9.18 Å². The third-order valence-corrected chi connectivity index (χ3v) is 3.24. The Balaban J connectivity index is 2.16. The number of anilines is 1. The van der Waals surface area contributed by atoms with Crippen LogP contribution < -0.4 is 11.1 Å². The monoisotopic (exact) mass is 312 g/mol. The number of halogens is 3. The van der Waals surface area contributed by atoms with E-state index in [2.05, 4.69) is 5.32 Å². The lowest BCUT2D eigenvalue weighted by molar-refractivity contribution is -0.117. The zero-order valence-corrected chi connectivity index (χ0v) is 11.8. The third-order valence-electron chi connectivity index (χ3n) is 2.69. The van der Waals surface area contributed by atoms with Gasteiger partial charge in [-0.3, -0.25) is 4.79 Å². The molecule has 0 aliphatic heterocycles. The minimum Gasteiger partial charge on any atom is -0.324 e. The van der Waals surface area contributed by atoms with Crippen molar-refractivity contribution < 1.29 is 9.18 Å². The Morgan fingerprint density at radius 3 is 2.25 bits per heavy atom. The number of rotatable bonds is 3. The summed E-state index contributed by atoms with van der Waals surface area (Å²) >= 11 is 11.3. The fourth-order valence-electron chi connectivity index (χ4n) is 1.66. The standard InChI is InChI=1S/C14H11Cl2FN2O/c15-10-6-9(7-11(16)12(10)17)19-14(20)13(18)8-4-2-1-3-5-8/h1-7,13H,18H2,(H,19,20)/t13-/m0/s1. The highest BCUT2D eigenvalue weighted by atomic mass is 35.5. The van der Waals surface area contributed by atoms with Crippen LogP contribution in [0.3, 0.4) is 0 Å². The number of amides is 1. The molecule has 0 aliphatic carbocycles. The Labute approximate surface area is 125 Å². The predicted molar refractivity (Wildman–Crippen MR) is 78.4 cm³/mol. The quantitative estimate of drug-likeness (QED) is 0.848. The minimum absolute atomic E-state index is 0.166. The van der Waals surface area contributed by atoms with Crippen LogP contribution in [-0.2, 0) is 4.79 Å². The molecule has 1 atom stereocenters. The summed E-state index contributed by atoms with van der Waals surface area (Å²) in [5.74, 6) is -1.16. The second kappa shape index (κ2) is 6.22. The maximum atomic E-state index is 13.3. The van der Waals surface area contributed by atoms with Crippen molar-refractivity contribution in [3.05, 3.63) is 63.9 Å². The van der Waals surface area contributed by atoms with Gasteiger partial charge in [-0.2, -0.15) is 0 Å². The molecule has 0 fully saturated rings. The highest BCUT2D eigenvalue weighted by Crippen LogP contribution is 2.27. The Morgan fingerprint density at radius 1 is 1.15 bits per heavy atom. The highest BCUT2D eigenvalue weighted by Gasteiger charge is 2.16. The van der Waals surface area contributed by atoms with Crippen LogP contribution in [0.25, 0.3) is 0 Å². The number of nitrogens with one attached hydrogen (secondary N) is 1.